The average molecular weight is 759 g/mol. The smallest absolute Gasteiger partial charge is 0.0307 e. The van der Waals surface area contributed by atoms with Gasteiger partial charge in [0.2, 0.25) is 0 Å². The van der Waals surface area contributed by atoms with Gasteiger partial charge in [-0.15, -0.1) is 33.7 Å². The summed E-state index contributed by atoms with van der Waals surface area (Å²) in [6.45, 7) is 20.7. The molecule has 1 unspecified atom stereocenters. The molecule has 0 saturated carbocycles. The maximum absolute atomic E-state index is 2.56. The number of hydrogen-bond donors (Lipinski definition) is 0. The van der Waals surface area contributed by atoms with Crippen molar-refractivity contribution >= 4 is 58.7 Å². The maximum atomic E-state index is 2.56. The fraction of sp³-hybridized carbons (Fsp3) is 0.286. The van der Waals surface area contributed by atoms with Gasteiger partial charge in [-0.3, -0.25) is 0 Å². The van der Waals surface area contributed by atoms with Crippen molar-refractivity contribution in [2.75, 3.05) is 0 Å². The van der Waals surface area contributed by atoms with Crippen LogP contribution in [0.5, 0.6) is 0 Å². The number of fused-ring (bicyclic) bond motifs is 6. The Morgan fingerprint density at radius 2 is 1.24 bits per heavy atom. The summed E-state index contributed by atoms with van der Waals surface area (Å²) >= 11 is 0. The molecule has 256 valence electrons. The fourth-order valence-corrected chi connectivity index (χ4v) is 8.13. The molecule has 0 saturated heterocycles. The third-order valence-electron chi connectivity index (χ3n) is 10.6. The van der Waals surface area contributed by atoms with Crippen LogP contribution in [0.3, 0.4) is 0 Å². The first-order valence-corrected chi connectivity index (χ1v) is 20.5. The molecule has 0 spiro atoms. The minimum Gasteiger partial charge on any atom is -0.126 e. The predicted molar refractivity (Wildman–Crippen MR) is 224 cm³/mol. The van der Waals surface area contributed by atoms with Crippen molar-refractivity contribution in [2.24, 2.45) is 0 Å². The van der Waals surface area contributed by atoms with Crippen LogP contribution in [0.1, 0.15) is 95.0 Å². The van der Waals surface area contributed by atoms with E-state index in [1.807, 2.05) is 0 Å². The van der Waals surface area contributed by atoms with Crippen LogP contribution < -0.4 is 0 Å². The van der Waals surface area contributed by atoms with Crippen molar-refractivity contribution in [3.63, 3.8) is 0 Å². The SMILES string of the molecule is CCCC1=Cc2c(-c3c4ccccc4cc4ccccc34)cccc2C1c1cc(C(C)(C)C)cc2c1[cH-]c1ccc(C(C)(C)C)cc12.C[Si]C.[Zr]. The molecule has 0 aliphatic heterocycles. The molecule has 1 aliphatic carbocycles. The predicted octanol–water partition coefficient (Wildman–Crippen LogP) is 14.4. The van der Waals surface area contributed by atoms with E-state index in [2.05, 4.69) is 177 Å². The van der Waals surface area contributed by atoms with Gasteiger partial charge in [0.15, 0.2) is 0 Å². The van der Waals surface area contributed by atoms with Crippen molar-refractivity contribution in [3.8, 4) is 11.1 Å². The van der Waals surface area contributed by atoms with Crippen LogP contribution >= 0.6 is 0 Å². The molecule has 0 bridgehead atoms. The fourth-order valence-electron chi connectivity index (χ4n) is 8.13. The van der Waals surface area contributed by atoms with E-state index in [9.17, 15) is 0 Å². The van der Waals surface area contributed by atoms with E-state index in [1.54, 1.807) is 0 Å². The topological polar surface area (TPSA) is 0 Å². The van der Waals surface area contributed by atoms with E-state index in [0.717, 1.165) is 22.4 Å². The summed E-state index contributed by atoms with van der Waals surface area (Å²) < 4.78 is 0. The molecule has 0 amide bonds. The van der Waals surface area contributed by atoms with E-state index >= 15 is 0 Å². The van der Waals surface area contributed by atoms with Gasteiger partial charge in [-0.1, -0.05) is 187 Å². The normalized spacial score (nSPS) is 14.4. The van der Waals surface area contributed by atoms with Gasteiger partial charge in [-0.05, 0) is 67.1 Å². The summed E-state index contributed by atoms with van der Waals surface area (Å²) in [6, 6.07) is 41.9. The van der Waals surface area contributed by atoms with Gasteiger partial charge >= 0.3 is 0 Å². The maximum Gasteiger partial charge on any atom is 0.0307 e. The van der Waals surface area contributed by atoms with Crippen LogP contribution in [0.2, 0.25) is 13.1 Å². The molecular weight excluding hydrogens is 708 g/mol. The first-order chi connectivity index (χ1) is 23.9. The molecule has 2 radical (unpaired) electrons. The van der Waals surface area contributed by atoms with Crippen molar-refractivity contribution in [1.82, 2.24) is 0 Å². The summed E-state index contributed by atoms with van der Waals surface area (Å²) in [5.41, 5.74) is 11.5. The molecule has 1 aliphatic rings. The molecule has 1 atom stereocenters. The Morgan fingerprint density at radius 3 is 1.84 bits per heavy atom. The van der Waals surface area contributed by atoms with E-state index in [-0.39, 0.29) is 43.0 Å². The molecule has 0 nitrogen and oxygen atoms in total. The largest absolute Gasteiger partial charge is 0.126 e. The molecule has 0 N–H and O–H groups in total. The van der Waals surface area contributed by atoms with Gasteiger partial charge in [-0.2, -0.15) is 0 Å². The van der Waals surface area contributed by atoms with Crippen LogP contribution in [-0.2, 0) is 37.0 Å². The molecule has 0 fully saturated rings. The molecule has 51 heavy (non-hydrogen) atoms. The minimum atomic E-state index is 0. The van der Waals surface area contributed by atoms with Crippen LogP contribution in [0.15, 0.2) is 115 Å². The van der Waals surface area contributed by atoms with Crippen molar-refractivity contribution < 1.29 is 26.2 Å². The van der Waals surface area contributed by atoms with Gasteiger partial charge in [0.1, 0.15) is 0 Å². The van der Waals surface area contributed by atoms with Gasteiger partial charge in [0.25, 0.3) is 0 Å². The Kier molecular flexibility index (Phi) is 10.6. The molecule has 7 aromatic rings. The van der Waals surface area contributed by atoms with E-state index in [4.69, 9.17) is 0 Å². The van der Waals surface area contributed by atoms with Crippen LogP contribution in [0.25, 0.3) is 60.3 Å². The van der Waals surface area contributed by atoms with Crippen molar-refractivity contribution in [3.05, 3.63) is 143 Å². The quantitative estimate of drug-likeness (QED) is 0.0953. The second-order valence-corrected chi connectivity index (χ2v) is 17.4. The Bertz CT molecular complexity index is 2350. The zero-order valence-corrected chi connectivity index (χ0v) is 35.4. The zero-order chi connectivity index (χ0) is 35.4. The molecule has 7 aromatic carbocycles. The molecule has 8 rings (SSSR count). The summed E-state index contributed by atoms with van der Waals surface area (Å²) in [6.07, 6.45) is 4.78. The second-order valence-electron chi connectivity index (χ2n) is 16.4. The number of benzene rings is 6. The van der Waals surface area contributed by atoms with E-state index < -0.39 is 0 Å². The monoisotopic (exact) mass is 757 g/mol. The van der Waals surface area contributed by atoms with Crippen LogP contribution in [-0.4, -0.2) is 9.52 Å². The Labute approximate surface area is 327 Å². The third kappa shape index (κ3) is 6.80. The first kappa shape index (κ1) is 37.3. The third-order valence-corrected chi connectivity index (χ3v) is 10.6. The number of allylic oxidation sites excluding steroid dienone is 1. The summed E-state index contributed by atoms with van der Waals surface area (Å²) in [5.74, 6) is 0.231. The van der Waals surface area contributed by atoms with Crippen molar-refractivity contribution in [1.29, 1.82) is 0 Å². The van der Waals surface area contributed by atoms with Gasteiger partial charge in [-0.25, -0.2) is 0 Å². The van der Waals surface area contributed by atoms with E-state index in [1.165, 1.54) is 87.6 Å². The molecule has 0 heterocycles. The average Bonchev–Trinajstić information content (AvgIpc) is 3.64. The standard InChI is InChI=1S/C47H45.C2H6Si.Zr/c1-8-14-32-25-40-37(19-13-20-38(40)45-35-17-11-9-15-29(35)23-30-16-10-12-18-36(30)45)44(32)43-28-34(47(5,6)7)27-42-39-26-33(46(2,3)4)22-21-31(39)24-41(42)43;1-3-2;/h9-13,15-28,44H,8,14H2,1-7H3;1-2H3;/q-1;;. The number of hydrogen-bond acceptors (Lipinski definition) is 0. The van der Waals surface area contributed by atoms with E-state index in [0.29, 0.717) is 0 Å². The second kappa shape index (κ2) is 14.5. The van der Waals surface area contributed by atoms with Gasteiger partial charge in [0, 0.05) is 41.6 Å². The summed E-state index contributed by atoms with van der Waals surface area (Å²) in [7, 11) is 1.08. The molecular formula is C49H51SiZr-. The summed E-state index contributed by atoms with van der Waals surface area (Å²) in [4.78, 5) is 0. The Balaban J connectivity index is 0.00000108. The van der Waals surface area contributed by atoms with Gasteiger partial charge in [0.05, 0.1) is 0 Å². The Hall–Kier alpha value is -3.45. The first-order valence-electron chi connectivity index (χ1n) is 18.5. The van der Waals surface area contributed by atoms with Crippen LogP contribution in [0, 0.1) is 0 Å². The molecule has 2 heteroatoms. The molecule has 0 aromatic heterocycles. The Morgan fingerprint density at radius 1 is 0.627 bits per heavy atom. The summed E-state index contributed by atoms with van der Waals surface area (Å²) in [5, 5.41) is 10.8. The minimum absolute atomic E-state index is 0. The van der Waals surface area contributed by atoms with Crippen molar-refractivity contribution in [2.45, 2.75) is 91.1 Å². The zero-order valence-electron chi connectivity index (χ0n) is 32.0. The van der Waals surface area contributed by atoms with Gasteiger partial charge < -0.3 is 0 Å². The number of rotatable bonds is 4. The van der Waals surface area contributed by atoms with Crippen LogP contribution in [0.4, 0.5) is 0 Å².